The molecule has 0 atom stereocenters. The van der Waals surface area contributed by atoms with E-state index in [1.54, 1.807) is 32.2 Å². The van der Waals surface area contributed by atoms with E-state index in [2.05, 4.69) is 30.3 Å². The molecule has 0 bridgehead atoms. The average molecular weight is 394 g/mol. The summed E-state index contributed by atoms with van der Waals surface area (Å²) in [5.74, 6) is -0.170. The molecule has 29 heavy (non-hydrogen) atoms. The maximum Gasteiger partial charge on any atom is 0.338 e. The Kier molecular flexibility index (Phi) is 5.87. The highest BCUT2D eigenvalue weighted by atomic mass is 16.5. The fourth-order valence-corrected chi connectivity index (χ4v) is 2.88. The molecule has 0 saturated heterocycles. The van der Waals surface area contributed by atoms with E-state index in [-0.39, 0.29) is 23.2 Å². The number of carbonyl (C=O) groups is 1. The van der Waals surface area contributed by atoms with Gasteiger partial charge in [0.25, 0.3) is 5.56 Å². The molecule has 2 N–H and O–H groups in total. The third-order valence-electron chi connectivity index (χ3n) is 4.34. The molecule has 0 aliphatic carbocycles. The maximum atomic E-state index is 11.8. The smallest absolute Gasteiger partial charge is 0.338 e. The van der Waals surface area contributed by atoms with Gasteiger partial charge in [-0.05, 0) is 58.0 Å². The number of aryl methyl sites for hydroxylation is 2. The molecule has 1 aromatic carbocycles. The Balaban J connectivity index is 1.80. The van der Waals surface area contributed by atoms with Crippen LogP contribution in [0.15, 0.2) is 40.2 Å². The lowest BCUT2D eigenvalue weighted by Crippen LogP contribution is -2.15. The number of benzene rings is 1. The summed E-state index contributed by atoms with van der Waals surface area (Å²) in [5.41, 5.74) is 6.95. The molecule has 150 valence electrons. The van der Waals surface area contributed by atoms with Crippen molar-refractivity contribution >= 4 is 18.1 Å². The van der Waals surface area contributed by atoms with Gasteiger partial charge < -0.3 is 9.30 Å². The second-order valence-corrected chi connectivity index (χ2v) is 6.39. The third-order valence-corrected chi connectivity index (χ3v) is 4.34. The van der Waals surface area contributed by atoms with Crippen molar-refractivity contribution < 1.29 is 9.53 Å². The van der Waals surface area contributed by atoms with Crippen LogP contribution in [0.25, 0.3) is 5.69 Å². The highest BCUT2D eigenvalue weighted by Gasteiger charge is 2.11. The molecular weight excluding hydrogens is 372 g/mol. The van der Waals surface area contributed by atoms with Gasteiger partial charge in [0.15, 0.2) is 0 Å². The first-order valence-electron chi connectivity index (χ1n) is 9.10. The molecular formula is C20H22N6O3. The van der Waals surface area contributed by atoms with Crippen molar-refractivity contribution in [1.82, 2.24) is 19.7 Å². The third kappa shape index (κ3) is 4.40. The lowest BCUT2D eigenvalue weighted by atomic mass is 10.2. The van der Waals surface area contributed by atoms with Crippen LogP contribution in [-0.4, -0.2) is 38.5 Å². The van der Waals surface area contributed by atoms with Crippen molar-refractivity contribution in [2.24, 2.45) is 5.10 Å². The Labute approximate surface area is 167 Å². The molecule has 0 fully saturated rings. The first-order valence-corrected chi connectivity index (χ1v) is 9.10. The number of hydrogen-bond acceptors (Lipinski definition) is 7. The molecule has 2 heterocycles. The molecule has 0 unspecified atom stereocenters. The van der Waals surface area contributed by atoms with Crippen molar-refractivity contribution in [3.8, 4) is 5.69 Å². The summed E-state index contributed by atoms with van der Waals surface area (Å²) in [6, 6.07) is 9.22. The van der Waals surface area contributed by atoms with Gasteiger partial charge in [-0.25, -0.2) is 10.2 Å². The van der Waals surface area contributed by atoms with Gasteiger partial charge in [0.1, 0.15) is 5.69 Å². The Morgan fingerprint density at radius 2 is 1.97 bits per heavy atom. The summed E-state index contributed by atoms with van der Waals surface area (Å²) >= 11 is 0. The Morgan fingerprint density at radius 1 is 1.24 bits per heavy atom. The molecule has 0 aliphatic rings. The minimum atomic E-state index is -0.337. The zero-order valence-electron chi connectivity index (χ0n) is 16.7. The van der Waals surface area contributed by atoms with E-state index < -0.39 is 0 Å². The quantitative estimate of drug-likeness (QED) is 0.377. The number of nitrogens with one attached hydrogen (secondary N) is 2. The second-order valence-electron chi connectivity index (χ2n) is 6.39. The summed E-state index contributed by atoms with van der Waals surface area (Å²) in [6.45, 7) is 7.66. The van der Waals surface area contributed by atoms with E-state index in [0.717, 1.165) is 22.6 Å². The average Bonchev–Trinajstić information content (AvgIpc) is 2.98. The number of carbonyl (C=O) groups excluding carboxylic acids is 1. The van der Waals surface area contributed by atoms with Crippen molar-refractivity contribution in [1.29, 1.82) is 0 Å². The standard InChI is InChI=1S/C20H22N6O3/c1-5-29-19(28)15-6-8-17(9-7-15)26-12(2)10-16(14(26)4)11-21-24-20-22-18(27)13(3)23-25-20/h6-11H,5H2,1-4H3,(H2,22,24,25,27)/b21-11+. The molecule has 0 aliphatic heterocycles. The lowest BCUT2D eigenvalue weighted by molar-refractivity contribution is 0.0526. The molecule has 3 aromatic rings. The Bertz CT molecular complexity index is 1110. The van der Waals surface area contributed by atoms with Crippen LogP contribution >= 0.6 is 0 Å². The minimum absolute atomic E-state index is 0.167. The monoisotopic (exact) mass is 394 g/mol. The highest BCUT2D eigenvalue weighted by Crippen LogP contribution is 2.20. The maximum absolute atomic E-state index is 11.8. The summed E-state index contributed by atoms with van der Waals surface area (Å²) in [7, 11) is 0. The van der Waals surface area contributed by atoms with Gasteiger partial charge in [0, 0.05) is 22.6 Å². The molecule has 2 aromatic heterocycles. The van der Waals surface area contributed by atoms with Crippen LogP contribution in [0.3, 0.4) is 0 Å². The lowest BCUT2D eigenvalue weighted by Gasteiger charge is -2.10. The first kappa shape index (κ1) is 20.0. The Morgan fingerprint density at radius 3 is 2.62 bits per heavy atom. The normalized spacial score (nSPS) is 11.0. The Hall–Kier alpha value is -3.75. The van der Waals surface area contributed by atoms with Crippen LogP contribution in [0.2, 0.25) is 0 Å². The van der Waals surface area contributed by atoms with Gasteiger partial charge in [0.2, 0.25) is 5.95 Å². The van der Waals surface area contributed by atoms with Crippen LogP contribution in [0.5, 0.6) is 0 Å². The van der Waals surface area contributed by atoms with E-state index in [4.69, 9.17) is 4.74 Å². The number of hydrazone groups is 1. The van der Waals surface area contributed by atoms with Gasteiger partial charge in [-0.1, -0.05) is 0 Å². The fourth-order valence-electron chi connectivity index (χ4n) is 2.88. The molecule has 0 radical (unpaired) electrons. The predicted molar refractivity (Wildman–Crippen MR) is 110 cm³/mol. The van der Waals surface area contributed by atoms with Crippen LogP contribution in [0.4, 0.5) is 5.95 Å². The van der Waals surface area contributed by atoms with E-state index >= 15 is 0 Å². The van der Waals surface area contributed by atoms with Crippen LogP contribution in [0.1, 0.15) is 39.9 Å². The number of nitrogens with zero attached hydrogens (tertiary/aromatic N) is 4. The number of anilines is 1. The molecule has 9 nitrogen and oxygen atoms in total. The number of hydrogen-bond donors (Lipinski definition) is 2. The number of aromatic amines is 1. The summed E-state index contributed by atoms with van der Waals surface area (Å²) in [4.78, 5) is 25.9. The van der Waals surface area contributed by atoms with Crippen molar-refractivity contribution in [2.45, 2.75) is 27.7 Å². The van der Waals surface area contributed by atoms with Gasteiger partial charge in [-0.2, -0.15) is 5.10 Å². The zero-order chi connectivity index (χ0) is 21.0. The van der Waals surface area contributed by atoms with Gasteiger partial charge in [-0.3, -0.25) is 9.78 Å². The predicted octanol–water partition coefficient (Wildman–Crippen LogP) is 2.50. The minimum Gasteiger partial charge on any atom is -0.462 e. The van der Waals surface area contributed by atoms with E-state index in [9.17, 15) is 9.59 Å². The van der Waals surface area contributed by atoms with Gasteiger partial charge in [0.05, 0.1) is 18.4 Å². The largest absolute Gasteiger partial charge is 0.462 e. The first-order chi connectivity index (χ1) is 13.9. The number of rotatable bonds is 6. The number of ether oxygens (including phenoxy) is 1. The fraction of sp³-hybridized carbons (Fsp3) is 0.250. The number of H-pyrrole nitrogens is 1. The van der Waals surface area contributed by atoms with Crippen molar-refractivity contribution in [3.05, 3.63) is 68.9 Å². The molecule has 0 saturated carbocycles. The molecule has 3 rings (SSSR count). The number of aromatic nitrogens is 4. The summed E-state index contributed by atoms with van der Waals surface area (Å²) in [6.07, 6.45) is 1.64. The van der Waals surface area contributed by atoms with E-state index in [1.165, 1.54) is 0 Å². The van der Waals surface area contributed by atoms with Gasteiger partial charge in [-0.15, -0.1) is 10.2 Å². The van der Waals surface area contributed by atoms with Crippen molar-refractivity contribution in [2.75, 3.05) is 12.0 Å². The number of esters is 1. The summed E-state index contributed by atoms with van der Waals surface area (Å²) in [5, 5.41) is 11.7. The van der Waals surface area contributed by atoms with Gasteiger partial charge >= 0.3 is 5.97 Å². The zero-order valence-corrected chi connectivity index (χ0v) is 16.7. The summed E-state index contributed by atoms with van der Waals surface area (Å²) < 4.78 is 7.08. The van der Waals surface area contributed by atoms with Crippen LogP contribution in [0, 0.1) is 20.8 Å². The highest BCUT2D eigenvalue weighted by molar-refractivity contribution is 5.89. The van der Waals surface area contributed by atoms with Crippen molar-refractivity contribution in [3.63, 3.8) is 0 Å². The van der Waals surface area contributed by atoms with E-state index in [1.807, 2.05) is 32.0 Å². The molecule has 0 amide bonds. The second kappa shape index (κ2) is 8.51. The van der Waals surface area contributed by atoms with E-state index in [0.29, 0.717) is 12.2 Å². The van der Waals surface area contributed by atoms with Crippen LogP contribution < -0.4 is 11.0 Å². The molecule has 9 heteroatoms. The van der Waals surface area contributed by atoms with Crippen LogP contribution in [-0.2, 0) is 4.74 Å². The topological polar surface area (TPSA) is 114 Å². The molecule has 0 spiro atoms. The SMILES string of the molecule is CCOC(=O)c1ccc(-n2c(C)cc(/C=N/Nc3nnc(C)c(=O)[nH]3)c2C)cc1.